The van der Waals surface area contributed by atoms with Crippen molar-refractivity contribution in [1.29, 1.82) is 0 Å². The summed E-state index contributed by atoms with van der Waals surface area (Å²) in [6.45, 7) is 6.71. The van der Waals surface area contributed by atoms with Gasteiger partial charge in [-0.2, -0.15) is 0 Å². The molecule has 0 bridgehead atoms. The molecule has 1 N–H and O–H groups in total. The minimum absolute atomic E-state index is 0.0147. The third-order valence-electron chi connectivity index (χ3n) is 7.77. The Hall–Kier alpha value is -3.84. The Labute approximate surface area is 238 Å². The molecule has 3 aliphatic rings. The lowest BCUT2D eigenvalue weighted by Gasteiger charge is -2.36. The summed E-state index contributed by atoms with van der Waals surface area (Å²) in [7, 11) is -0.943. The van der Waals surface area contributed by atoms with E-state index < -0.39 is 38.9 Å². The number of sulfonamides is 1. The molecule has 1 unspecified atom stereocenters. The average Bonchev–Trinajstić information content (AvgIpc) is 3.35. The van der Waals surface area contributed by atoms with Crippen LogP contribution >= 0.6 is 0 Å². The van der Waals surface area contributed by atoms with Crippen LogP contribution in [0, 0.1) is 0 Å². The molecule has 3 heterocycles. The smallest absolute Gasteiger partial charge is 0.296 e. The number of para-hydroxylation sites is 1. The Morgan fingerprint density at radius 3 is 2.34 bits per heavy atom. The molecule has 2 fully saturated rings. The van der Waals surface area contributed by atoms with Gasteiger partial charge in [-0.25, -0.2) is 12.7 Å². The number of hydrogen-bond acceptors (Lipinski definition) is 8. The summed E-state index contributed by atoms with van der Waals surface area (Å²) in [5.74, 6) is -2.99. The van der Waals surface area contributed by atoms with Crippen molar-refractivity contribution in [1.82, 2.24) is 14.1 Å². The van der Waals surface area contributed by atoms with E-state index in [0.29, 0.717) is 44.1 Å². The maximum atomic E-state index is 14.4. The molecule has 41 heavy (non-hydrogen) atoms. The lowest BCUT2D eigenvalue weighted by atomic mass is 9.82. The molecular formula is C29H32N4O7S. The first-order valence-electron chi connectivity index (χ1n) is 13.2. The van der Waals surface area contributed by atoms with E-state index in [2.05, 4.69) is 11.5 Å². The van der Waals surface area contributed by atoms with E-state index in [-0.39, 0.29) is 29.1 Å². The highest BCUT2D eigenvalue weighted by atomic mass is 32.2. The molecule has 0 aromatic heterocycles. The van der Waals surface area contributed by atoms with E-state index in [1.807, 2.05) is 0 Å². The molecule has 0 aliphatic carbocycles. The molecule has 1 atom stereocenters. The number of carbonyl (C=O) groups excluding carboxylic acids is 3. The summed E-state index contributed by atoms with van der Waals surface area (Å²) < 4.78 is 31.6. The Morgan fingerprint density at radius 1 is 1.05 bits per heavy atom. The fourth-order valence-electron chi connectivity index (χ4n) is 5.68. The van der Waals surface area contributed by atoms with Crippen molar-refractivity contribution in [2.24, 2.45) is 0 Å². The number of Topliss-reactive ketones (excluding diaryl/α,β-unsaturated/α-hetero) is 1. The number of nitrogens with zero attached hydrogens (tertiary/aromatic N) is 4. The van der Waals surface area contributed by atoms with Crippen LogP contribution in [0.1, 0.15) is 11.1 Å². The van der Waals surface area contributed by atoms with Crippen molar-refractivity contribution in [2.45, 2.75) is 10.4 Å². The summed E-state index contributed by atoms with van der Waals surface area (Å²) >= 11 is 0. The number of likely N-dealkylation sites (tertiary alicyclic amines) is 1. The number of ether oxygens (including phenoxy) is 1. The quantitative estimate of drug-likeness (QED) is 0.215. The van der Waals surface area contributed by atoms with Crippen molar-refractivity contribution in [3.63, 3.8) is 0 Å². The SMILES string of the molecule is C=CCN1C(=O)C2(C(=C(O)c3ccc(S(=O)(=O)N(C)C)cc3)C(=O)C(=O)N2CCN2CCOCC2)c2ccccc21. The number of rotatable bonds is 8. The van der Waals surface area contributed by atoms with E-state index >= 15 is 0 Å². The monoisotopic (exact) mass is 580 g/mol. The van der Waals surface area contributed by atoms with Crippen molar-refractivity contribution in [2.75, 3.05) is 64.9 Å². The van der Waals surface area contributed by atoms with Crippen LogP contribution in [-0.4, -0.2) is 105 Å². The summed E-state index contributed by atoms with van der Waals surface area (Å²) in [4.78, 5) is 46.6. The number of amides is 2. The standard InChI is InChI=1S/C29H32N4O7S/c1-4-13-32-23-8-6-5-7-22(23)29(28(32)37)24(25(34)20-9-11-21(12-10-20)41(38,39)30(2)3)26(35)27(36)33(29)15-14-31-16-18-40-19-17-31/h4-12,34H,1,13-19H2,2-3H3. The summed E-state index contributed by atoms with van der Waals surface area (Å²) in [6, 6.07) is 12.2. The molecule has 216 valence electrons. The number of aliphatic hydroxyl groups excluding tert-OH is 1. The fourth-order valence-corrected chi connectivity index (χ4v) is 6.58. The number of morpholine rings is 1. The van der Waals surface area contributed by atoms with Crippen molar-refractivity contribution >= 4 is 39.1 Å². The van der Waals surface area contributed by atoms with Gasteiger partial charge in [-0.1, -0.05) is 24.3 Å². The first-order chi connectivity index (χ1) is 19.6. The van der Waals surface area contributed by atoms with Crippen LogP contribution in [0.4, 0.5) is 5.69 Å². The molecule has 3 aliphatic heterocycles. The Kier molecular flexibility index (Phi) is 7.60. The van der Waals surface area contributed by atoms with Gasteiger partial charge in [0.25, 0.3) is 17.6 Å². The maximum Gasteiger partial charge on any atom is 0.296 e. The number of benzene rings is 2. The van der Waals surface area contributed by atoms with Crippen molar-refractivity contribution in [3.05, 3.63) is 77.9 Å². The average molecular weight is 581 g/mol. The number of hydrogen-bond donors (Lipinski definition) is 1. The first kappa shape index (κ1) is 28.7. The van der Waals surface area contributed by atoms with Crippen LogP contribution in [0.3, 0.4) is 0 Å². The number of carbonyl (C=O) groups is 3. The minimum atomic E-state index is -3.75. The van der Waals surface area contributed by atoms with Crippen LogP contribution in [0.25, 0.3) is 5.76 Å². The van der Waals surface area contributed by atoms with E-state index in [1.165, 1.54) is 48.2 Å². The van der Waals surface area contributed by atoms with E-state index in [9.17, 15) is 27.9 Å². The third-order valence-corrected chi connectivity index (χ3v) is 9.60. The molecule has 2 aromatic carbocycles. The molecule has 11 nitrogen and oxygen atoms in total. The second kappa shape index (κ2) is 10.9. The highest BCUT2D eigenvalue weighted by Crippen LogP contribution is 2.53. The van der Waals surface area contributed by atoms with Gasteiger partial charge in [-0.15, -0.1) is 6.58 Å². The topological polar surface area (TPSA) is 128 Å². The Bertz CT molecular complexity index is 1540. The molecule has 2 aromatic rings. The molecule has 2 amide bonds. The molecule has 0 radical (unpaired) electrons. The van der Waals surface area contributed by atoms with Gasteiger partial charge in [0.15, 0.2) is 5.54 Å². The van der Waals surface area contributed by atoms with Gasteiger partial charge < -0.3 is 19.6 Å². The summed E-state index contributed by atoms with van der Waals surface area (Å²) in [5, 5.41) is 11.6. The molecule has 12 heteroatoms. The first-order valence-corrected chi connectivity index (χ1v) is 14.7. The van der Waals surface area contributed by atoms with Crippen LogP contribution < -0.4 is 4.90 Å². The van der Waals surface area contributed by atoms with Crippen LogP contribution in [0.5, 0.6) is 0 Å². The van der Waals surface area contributed by atoms with Gasteiger partial charge in [0, 0.05) is 57.9 Å². The van der Waals surface area contributed by atoms with Crippen LogP contribution in [-0.2, 0) is 34.7 Å². The van der Waals surface area contributed by atoms with E-state index in [0.717, 1.165) is 4.31 Å². The fraction of sp³-hybridized carbons (Fsp3) is 0.345. The van der Waals surface area contributed by atoms with E-state index in [1.54, 1.807) is 30.3 Å². The highest BCUT2D eigenvalue weighted by molar-refractivity contribution is 7.89. The number of anilines is 1. The zero-order valence-corrected chi connectivity index (χ0v) is 23.8. The molecule has 1 spiro atoms. The van der Waals surface area contributed by atoms with Crippen LogP contribution in [0.2, 0.25) is 0 Å². The zero-order chi connectivity index (χ0) is 29.5. The lowest BCUT2D eigenvalue weighted by Crippen LogP contribution is -2.54. The third kappa shape index (κ3) is 4.47. The van der Waals surface area contributed by atoms with Crippen molar-refractivity contribution < 1.29 is 32.6 Å². The van der Waals surface area contributed by atoms with Gasteiger partial charge in [-0.3, -0.25) is 19.3 Å². The van der Waals surface area contributed by atoms with Crippen molar-refractivity contribution in [3.8, 4) is 0 Å². The molecule has 2 saturated heterocycles. The van der Waals surface area contributed by atoms with E-state index in [4.69, 9.17) is 4.74 Å². The summed E-state index contributed by atoms with van der Waals surface area (Å²) in [6.07, 6.45) is 1.55. The maximum absolute atomic E-state index is 14.4. The Balaban J connectivity index is 1.69. The van der Waals surface area contributed by atoms with Gasteiger partial charge in [0.1, 0.15) is 5.76 Å². The normalized spacial score (nSPS) is 22.7. The van der Waals surface area contributed by atoms with Gasteiger partial charge >= 0.3 is 0 Å². The largest absolute Gasteiger partial charge is 0.507 e. The number of aliphatic hydroxyl groups is 1. The highest BCUT2D eigenvalue weighted by Gasteiger charge is 2.67. The zero-order valence-electron chi connectivity index (χ0n) is 22.9. The molecule has 0 saturated carbocycles. The minimum Gasteiger partial charge on any atom is -0.507 e. The number of ketones is 1. The number of fused-ring (bicyclic) bond motifs is 2. The van der Waals surface area contributed by atoms with Gasteiger partial charge in [-0.05, 0) is 30.3 Å². The second-order valence-electron chi connectivity index (χ2n) is 10.2. The predicted molar refractivity (Wildman–Crippen MR) is 152 cm³/mol. The second-order valence-corrected chi connectivity index (χ2v) is 12.4. The predicted octanol–water partition coefficient (Wildman–Crippen LogP) is 1.38. The Morgan fingerprint density at radius 2 is 1.71 bits per heavy atom. The molecular weight excluding hydrogens is 548 g/mol. The summed E-state index contributed by atoms with van der Waals surface area (Å²) in [5.41, 5.74) is -1.24. The van der Waals surface area contributed by atoms with Gasteiger partial charge in [0.2, 0.25) is 10.0 Å². The van der Waals surface area contributed by atoms with Crippen LogP contribution in [0.15, 0.2) is 71.7 Å². The molecule has 5 rings (SSSR count). The lowest BCUT2D eigenvalue weighted by molar-refractivity contribution is -0.144. The van der Waals surface area contributed by atoms with Gasteiger partial charge in [0.05, 0.1) is 29.4 Å².